The summed E-state index contributed by atoms with van der Waals surface area (Å²) < 4.78 is 23.9. The lowest BCUT2D eigenvalue weighted by Crippen LogP contribution is -2.12. The minimum absolute atomic E-state index is 0.0990. The number of nitrogen functional groups attached to an aromatic ring is 1. The number of methoxy groups -OCH3 is 2. The zero-order valence-electron chi connectivity index (χ0n) is 16.5. The lowest BCUT2D eigenvalue weighted by Gasteiger charge is -2.09. The summed E-state index contributed by atoms with van der Waals surface area (Å²) in [4.78, 5) is 18.3. The number of nitrogens with one attached hydrogen (secondary N) is 1. The van der Waals surface area contributed by atoms with Crippen molar-refractivity contribution in [3.05, 3.63) is 64.2 Å². The Balaban J connectivity index is 1.68. The van der Waals surface area contributed by atoms with Gasteiger partial charge in [-0.25, -0.2) is 9.37 Å². The Morgan fingerprint density at radius 1 is 1.10 bits per heavy atom. The van der Waals surface area contributed by atoms with Crippen LogP contribution >= 0.6 is 22.9 Å². The van der Waals surface area contributed by atoms with E-state index in [1.165, 1.54) is 23.5 Å². The molecule has 31 heavy (non-hydrogen) atoms. The van der Waals surface area contributed by atoms with Gasteiger partial charge < -0.3 is 20.5 Å². The van der Waals surface area contributed by atoms with Crippen molar-refractivity contribution < 1.29 is 18.7 Å². The molecule has 2 aromatic carbocycles. The first kappa shape index (κ1) is 20.9. The van der Waals surface area contributed by atoms with Crippen molar-refractivity contribution in [1.29, 1.82) is 0 Å². The predicted molar refractivity (Wildman–Crippen MR) is 122 cm³/mol. The predicted octanol–water partition coefficient (Wildman–Crippen LogP) is 5.61. The van der Waals surface area contributed by atoms with Gasteiger partial charge in [0.05, 0.1) is 36.3 Å². The number of nitrogens with zero attached hydrogens (tertiary/aromatic N) is 1. The normalized spacial score (nSPS) is 10.8. The van der Waals surface area contributed by atoms with Crippen LogP contribution in [0.15, 0.2) is 48.5 Å². The number of carbonyl (C=O) groups excluding carboxylic acids is 1. The molecular weight excluding hydrogens is 441 g/mol. The van der Waals surface area contributed by atoms with E-state index in [9.17, 15) is 9.18 Å². The molecule has 0 spiro atoms. The summed E-state index contributed by atoms with van der Waals surface area (Å²) in [7, 11) is 3.14. The number of fused-ring (bicyclic) bond motifs is 1. The molecule has 0 aliphatic heterocycles. The maximum absolute atomic E-state index is 13.2. The van der Waals surface area contributed by atoms with E-state index in [-0.39, 0.29) is 5.02 Å². The molecule has 3 N–H and O–H groups in total. The van der Waals surface area contributed by atoms with Gasteiger partial charge in [0.1, 0.15) is 15.5 Å². The van der Waals surface area contributed by atoms with Crippen molar-refractivity contribution >= 4 is 50.4 Å². The molecule has 1 amide bonds. The molecule has 0 aliphatic rings. The highest BCUT2D eigenvalue weighted by atomic mass is 35.5. The van der Waals surface area contributed by atoms with Gasteiger partial charge in [0.25, 0.3) is 5.91 Å². The fourth-order valence-electron chi connectivity index (χ4n) is 3.09. The summed E-state index contributed by atoms with van der Waals surface area (Å²) in [6.07, 6.45) is 0. The van der Waals surface area contributed by atoms with Gasteiger partial charge >= 0.3 is 0 Å². The number of ether oxygens (including phenoxy) is 2. The third-order valence-electron chi connectivity index (χ3n) is 4.66. The highest BCUT2D eigenvalue weighted by molar-refractivity contribution is 7.21. The minimum atomic E-state index is -0.490. The molecule has 0 unspecified atom stereocenters. The summed E-state index contributed by atoms with van der Waals surface area (Å²) >= 11 is 7.17. The van der Waals surface area contributed by atoms with E-state index in [1.54, 1.807) is 20.3 Å². The van der Waals surface area contributed by atoms with Crippen molar-refractivity contribution in [3.8, 4) is 22.8 Å². The summed E-state index contributed by atoms with van der Waals surface area (Å²) in [5, 5.41) is 3.43. The maximum atomic E-state index is 13.2. The molecule has 0 fully saturated rings. The maximum Gasteiger partial charge on any atom is 0.267 e. The zero-order chi connectivity index (χ0) is 22.1. The van der Waals surface area contributed by atoms with Gasteiger partial charge in [-0.05, 0) is 48.5 Å². The Labute approximate surface area is 186 Å². The fraction of sp³-hybridized carbons (Fsp3) is 0.0909. The Morgan fingerprint density at radius 3 is 2.58 bits per heavy atom. The number of pyridine rings is 1. The second kappa shape index (κ2) is 8.41. The Hall–Kier alpha value is -3.36. The second-order valence-corrected chi connectivity index (χ2v) is 7.95. The first-order chi connectivity index (χ1) is 14.9. The summed E-state index contributed by atoms with van der Waals surface area (Å²) in [5.74, 6) is 0.271. The standard InChI is InChI=1S/C22H17ClFN3O3S/c1-29-17-8-3-11(9-18(17)30-2)15-7-5-13-19(25)20(31-22(13)27-15)21(28)26-16-6-4-12(24)10-14(16)23/h3-10H,25H2,1-2H3,(H,26,28). The number of hydrogen-bond acceptors (Lipinski definition) is 6. The lowest BCUT2D eigenvalue weighted by atomic mass is 10.1. The molecule has 0 radical (unpaired) electrons. The number of aromatic nitrogens is 1. The number of benzene rings is 2. The lowest BCUT2D eigenvalue weighted by molar-refractivity contribution is 0.103. The molecule has 0 aliphatic carbocycles. The molecule has 4 rings (SSSR count). The number of carbonyl (C=O) groups is 1. The molecule has 0 bridgehead atoms. The van der Waals surface area contributed by atoms with Gasteiger partial charge in [0.2, 0.25) is 0 Å². The second-order valence-electron chi connectivity index (χ2n) is 6.54. The number of amides is 1. The number of rotatable bonds is 5. The quantitative estimate of drug-likeness (QED) is 0.407. The van der Waals surface area contributed by atoms with E-state index in [0.717, 1.165) is 11.6 Å². The summed E-state index contributed by atoms with van der Waals surface area (Å²) in [5.41, 5.74) is 8.35. The molecule has 0 saturated carbocycles. The number of nitrogens with two attached hydrogens (primary N) is 1. The Kier molecular flexibility index (Phi) is 5.67. The third kappa shape index (κ3) is 3.99. The highest BCUT2D eigenvalue weighted by Crippen LogP contribution is 2.37. The average molecular weight is 458 g/mol. The van der Waals surface area contributed by atoms with Crippen LogP contribution in [0.4, 0.5) is 15.8 Å². The van der Waals surface area contributed by atoms with Gasteiger partial charge in [0, 0.05) is 10.9 Å². The van der Waals surface area contributed by atoms with Crippen LogP contribution in [0.5, 0.6) is 11.5 Å². The molecule has 9 heteroatoms. The molecule has 4 aromatic rings. The number of hydrogen-bond donors (Lipinski definition) is 2. The fourth-order valence-corrected chi connectivity index (χ4v) is 4.30. The third-order valence-corrected chi connectivity index (χ3v) is 6.09. The monoisotopic (exact) mass is 457 g/mol. The molecule has 0 atom stereocenters. The Morgan fingerprint density at radius 2 is 1.87 bits per heavy atom. The van der Waals surface area contributed by atoms with Crippen LogP contribution in [0.2, 0.25) is 5.02 Å². The van der Waals surface area contributed by atoms with Crippen LogP contribution in [0, 0.1) is 5.82 Å². The molecule has 2 heterocycles. The van der Waals surface area contributed by atoms with E-state index in [0.29, 0.717) is 43.7 Å². The molecule has 158 valence electrons. The van der Waals surface area contributed by atoms with Crippen molar-refractivity contribution in [2.75, 3.05) is 25.3 Å². The zero-order valence-corrected chi connectivity index (χ0v) is 18.1. The van der Waals surface area contributed by atoms with E-state index in [4.69, 9.17) is 26.8 Å². The van der Waals surface area contributed by atoms with Crippen LogP contribution < -0.4 is 20.5 Å². The van der Waals surface area contributed by atoms with Gasteiger partial charge in [-0.3, -0.25) is 4.79 Å². The van der Waals surface area contributed by atoms with Crippen LogP contribution in [-0.2, 0) is 0 Å². The van der Waals surface area contributed by atoms with E-state index < -0.39 is 11.7 Å². The molecule has 6 nitrogen and oxygen atoms in total. The summed E-state index contributed by atoms with van der Waals surface area (Å²) in [6, 6.07) is 12.9. The molecular formula is C22H17ClFN3O3S. The average Bonchev–Trinajstić information content (AvgIpc) is 3.11. The van der Waals surface area contributed by atoms with Gasteiger partial charge in [-0.15, -0.1) is 11.3 Å². The van der Waals surface area contributed by atoms with Crippen LogP contribution in [-0.4, -0.2) is 25.1 Å². The van der Waals surface area contributed by atoms with Crippen molar-refractivity contribution in [1.82, 2.24) is 4.98 Å². The van der Waals surface area contributed by atoms with E-state index in [1.807, 2.05) is 24.3 Å². The van der Waals surface area contributed by atoms with Crippen LogP contribution in [0.25, 0.3) is 21.5 Å². The van der Waals surface area contributed by atoms with Gasteiger partial charge in [-0.2, -0.15) is 0 Å². The van der Waals surface area contributed by atoms with Gasteiger partial charge in [0.15, 0.2) is 11.5 Å². The van der Waals surface area contributed by atoms with Gasteiger partial charge in [-0.1, -0.05) is 11.6 Å². The van der Waals surface area contributed by atoms with Crippen LogP contribution in [0.1, 0.15) is 9.67 Å². The topological polar surface area (TPSA) is 86.5 Å². The van der Waals surface area contributed by atoms with Crippen molar-refractivity contribution in [3.63, 3.8) is 0 Å². The smallest absolute Gasteiger partial charge is 0.267 e. The van der Waals surface area contributed by atoms with Crippen LogP contribution in [0.3, 0.4) is 0 Å². The highest BCUT2D eigenvalue weighted by Gasteiger charge is 2.19. The first-order valence-electron chi connectivity index (χ1n) is 9.09. The number of thiophene rings is 1. The van der Waals surface area contributed by atoms with E-state index in [2.05, 4.69) is 10.3 Å². The summed E-state index contributed by atoms with van der Waals surface area (Å²) in [6.45, 7) is 0. The largest absolute Gasteiger partial charge is 0.493 e. The Bertz CT molecular complexity index is 1310. The SMILES string of the molecule is COc1ccc(-c2ccc3c(N)c(C(=O)Nc4ccc(F)cc4Cl)sc3n2)cc1OC. The molecule has 0 saturated heterocycles. The number of anilines is 2. The van der Waals surface area contributed by atoms with E-state index >= 15 is 0 Å². The minimum Gasteiger partial charge on any atom is -0.493 e. The first-order valence-corrected chi connectivity index (χ1v) is 10.3. The van der Waals surface area contributed by atoms with Crippen molar-refractivity contribution in [2.45, 2.75) is 0 Å². The van der Waals surface area contributed by atoms with Crippen molar-refractivity contribution in [2.24, 2.45) is 0 Å². The molecule has 2 aromatic heterocycles. The number of halogens is 2.